The molecule has 4 N–H and O–H groups in total. The highest BCUT2D eigenvalue weighted by Gasteiger charge is 2.21. The fourth-order valence-electron chi connectivity index (χ4n) is 3.79. The Kier molecular flexibility index (Phi) is 7.51. The van der Waals surface area contributed by atoms with Crippen LogP contribution >= 0.6 is 11.6 Å². The molecular weight excluding hydrogens is 549 g/mol. The van der Waals surface area contributed by atoms with Gasteiger partial charge in [0.05, 0.1) is 17.9 Å². The van der Waals surface area contributed by atoms with E-state index in [4.69, 9.17) is 21.4 Å². The fourth-order valence-corrected chi connectivity index (χ4v) is 3.96. The molecule has 5 rings (SSSR count). The molecule has 0 bridgehead atoms. The van der Waals surface area contributed by atoms with Gasteiger partial charge in [0.2, 0.25) is 5.88 Å². The number of carboxylic acid groups (broad SMARTS) is 1. The number of aliphatic carboxylic acids is 1. The van der Waals surface area contributed by atoms with E-state index in [1.807, 2.05) is 0 Å². The maximum absolute atomic E-state index is 14.4. The average Bonchev–Trinajstić information content (AvgIpc) is 3.56. The van der Waals surface area contributed by atoms with E-state index in [9.17, 15) is 23.9 Å². The van der Waals surface area contributed by atoms with E-state index in [0.717, 1.165) is 17.4 Å². The number of H-pyrrole nitrogens is 1. The van der Waals surface area contributed by atoms with Crippen molar-refractivity contribution < 1.29 is 28.9 Å². The quantitative estimate of drug-likeness (QED) is 0.207. The van der Waals surface area contributed by atoms with E-state index >= 15 is 0 Å². The first-order valence-corrected chi connectivity index (χ1v) is 12.6. The number of aromatic nitrogens is 5. The third-order valence-corrected chi connectivity index (χ3v) is 6.18. The van der Waals surface area contributed by atoms with Crippen molar-refractivity contribution >= 4 is 46.8 Å². The number of ether oxygens (including phenoxy) is 1. The summed E-state index contributed by atoms with van der Waals surface area (Å²) >= 11 is 6.02. The Morgan fingerprint density at radius 2 is 2.10 bits per heavy atom. The van der Waals surface area contributed by atoms with Crippen molar-refractivity contribution in [1.82, 2.24) is 24.1 Å². The summed E-state index contributed by atoms with van der Waals surface area (Å²) in [6.07, 6.45) is 4.50. The first kappa shape index (κ1) is 26.9. The van der Waals surface area contributed by atoms with Gasteiger partial charge in [-0.15, -0.1) is 0 Å². The fraction of sp³-hybridized carbons (Fsp3) is 0.280. The molecule has 0 amide bonds. The minimum Gasteiger partial charge on any atom is -0.493 e. The van der Waals surface area contributed by atoms with Gasteiger partial charge in [0.25, 0.3) is 0 Å². The second-order valence-corrected chi connectivity index (χ2v) is 9.51. The largest absolute Gasteiger partial charge is 0.493 e. The summed E-state index contributed by atoms with van der Waals surface area (Å²) in [5.41, 5.74) is 0.161. The number of carbonyl (C=O) groups excluding carboxylic acids is 1. The monoisotopic (exact) mass is 571 g/mol. The van der Waals surface area contributed by atoms with Crippen molar-refractivity contribution in [2.24, 2.45) is 4.99 Å². The van der Waals surface area contributed by atoms with Gasteiger partial charge >= 0.3 is 17.6 Å². The van der Waals surface area contributed by atoms with Crippen LogP contribution in [0.5, 0.6) is 5.88 Å². The highest BCUT2D eigenvalue weighted by atomic mass is 35.5. The molecule has 0 saturated heterocycles. The van der Waals surface area contributed by atoms with Crippen LogP contribution in [0.1, 0.15) is 37.8 Å². The molecule has 1 saturated carbocycles. The molecule has 1 fully saturated rings. The maximum atomic E-state index is 14.4. The average molecular weight is 572 g/mol. The first-order chi connectivity index (χ1) is 19.2. The summed E-state index contributed by atoms with van der Waals surface area (Å²) in [5, 5.41) is 27.3. The van der Waals surface area contributed by atoms with Gasteiger partial charge in [0.15, 0.2) is 17.9 Å². The van der Waals surface area contributed by atoms with Crippen molar-refractivity contribution in [3.8, 4) is 5.88 Å². The Hall–Kier alpha value is -4.72. The number of carbonyl (C=O) groups is 2. The lowest BCUT2D eigenvalue weighted by molar-refractivity contribution is -0.148. The Balaban J connectivity index is 1.47. The zero-order chi connectivity index (χ0) is 28.4. The van der Waals surface area contributed by atoms with Crippen molar-refractivity contribution in [3.63, 3.8) is 0 Å². The number of benzene rings is 1. The lowest BCUT2D eigenvalue weighted by atomic mass is 10.2. The van der Waals surface area contributed by atoms with Crippen LogP contribution < -0.4 is 21.7 Å². The molecule has 0 radical (unpaired) electrons. The number of aromatic hydroxyl groups is 1. The van der Waals surface area contributed by atoms with Gasteiger partial charge in [-0.1, -0.05) is 11.6 Å². The molecular formula is C25H23ClFN7O6. The molecule has 3 heterocycles. The van der Waals surface area contributed by atoms with E-state index in [0.29, 0.717) is 21.4 Å². The van der Waals surface area contributed by atoms with Gasteiger partial charge in [-0.2, -0.15) is 9.61 Å². The van der Waals surface area contributed by atoms with Crippen molar-refractivity contribution in [1.29, 1.82) is 0 Å². The van der Waals surface area contributed by atoms with Crippen LogP contribution in [0.4, 0.5) is 15.9 Å². The van der Waals surface area contributed by atoms with Crippen LogP contribution in [-0.2, 0) is 21.1 Å². The second-order valence-electron chi connectivity index (χ2n) is 9.08. The molecule has 0 spiro atoms. The molecule has 4 aromatic rings. The highest BCUT2D eigenvalue weighted by molar-refractivity contribution is 6.30. The van der Waals surface area contributed by atoms with E-state index in [1.54, 1.807) is 6.07 Å². The predicted octanol–water partition coefficient (Wildman–Crippen LogP) is 1.83. The van der Waals surface area contributed by atoms with Gasteiger partial charge in [-0.25, -0.2) is 18.7 Å². The summed E-state index contributed by atoms with van der Waals surface area (Å²) in [5.74, 6) is -2.51. The molecule has 0 aliphatic heterocycles. The Morgan fingerprint density at radius 1 is 1.30 bits per heavy atom. The number of fused-ring (bicyclic) bond motifs is 1. The van der Waals surface area contributed by atoms with Crippen LogP contribution in [0.15, 0.2) is 40.2 Å². The number of hydrogen-bond acceptors (Lipinski definition) is 9. The zero-order valence-corrected chi connectivity index (χ0v) is 21.6. The molecule has 0 atom stereocenters. The Labute approximate surface area is 229 Å². The van der Waals surface area contributed by atoms with Gasteiger partial charge in [-0.3, -0.25) is 14.6 Å². The minimum absolute atomic E-state index is 0.00329. The zero-order valence-electron chi connectivity index (χ0n) is 20.8. The summed E-state index contributed by atoms with van der Waals surface area (Å²) in [7, 11) is 0. The smallest absolute Gasteiger partial charge is 0.331 e. The molecule has 40 heavy (non-hydrogen) atoms. The van der Waals surface area contributed by atoms with Crippen LogP contribution in [0, 0.1) is 5.82 Å². The highest BCUT2D eigenvalue weighted by Crippen LogP contribution is 2.24. The standard InChI is InChI=1S/C25H23ClFN7O6/c26-14-4-7-16(27)17(9-14)30-19-10-20(29-15-5-6-15)34-23(32-19)13(11-28-34)8-18-24(38)33(25(39)31-18)12-40-22(37)3-1-2-21(35)36/h4,7-11,15,30,38H,1-3,5-6,12H2,(H,31,39)(H,35,36). The number of esters is 1. The van der Waals surface area contributed by atoms with Crippen molar-refractivity contribution in [3.05, 3.63) is 68.2 Å². The van der Waals surface area contributed by atoms with Gasteiger partial charge in [0.1, 0.15) is 17.3 Å². The van der Waals surface area contributed by atoms with E-state index in [-0.39, 0.29) is 42.5 Å². The predicted molar refractivity (Wildman–Crippen MR) is 139 cm³/mol. The lowest BCUT2D eigenvalue weighted by Gasteiger charge is -2.08. The molecule has 13 nitrogen and oxygen atoms in total. The normalized spacial score (nSPS) is 14.2. The van der Waals surface area contributed by atoms with Crippen LogP contribution in [-0.4, -0.2) is 52.3 Å². The second kappa shape index (κ2) is 11.2. The summed E-state index contributed by atoms with van der Waals surface area (Å²) < 4.78 is 21.7. The number of imidazole rings is 1. The van der Waals surface area contributed by atoms with Gasteiger partial charge in [0, 0.05) is 29.1 Å². The number of anilines is 2. The van der Waals surface area contributed by atoms with Crippen LogP contribution in [0.3, 0.4) is 0 Å². The number of carboxylic acids is 1. The first-order valence-electron chi connectivity index (χ1n) is 12.2. The Bertz CT molecular complexity index is 1790. The lowest BCUT2D eigenvalue weighted by Crippen LogP contribution is -2.20. The topological polar surface area (TPSA) is 176 Å². The van der Waals surface area contributed by atoms with E-state index in [1.165, 1.54) is 35.0 Å². The molecule has 1 aromatic carbocycles. The van der Waals surface area contributed by atoms with Crippen LogP contribution in [0.25, 0.3) is 11.7 Å². The molecule has 208 valence electrons. The van der Waals surface area contributed by atoms with Gasteiger partial charge in [-0.05, 0) is 43.5 Å². The SMILES string of the molecule is O=C(O)CCCC(=O)OCn1c(O)c(C=c2cnn3c(=NC4CC4)cc(Nc4cc(Cl)ccc4F)nc23)[nH]c1=O. The van der Waals surface area contributed by atoms with Crippen molar-refractivity contribution in [2.75, 3.05) is 5.32 Å². The minimum atomic E-state index is -1.04. The number of rotatable bonds is 10. The number of aromatic amines is 1. The van der Waals surface area contributed by atoms with E-state index < -0.39 is 36.1 Å². The van der Waals surface area contributed by atoms with E-state index in [2.05, 4.69) is 25.4 Å². The van der Waals surface area contributed by atoms with Gasteiger partial charge < -0.3 is 25.3 Å². The molecule has 15 heteroatoms. The maximum Gasteiger partial charge on any atom is 0.331 e. The number of nitrogens with zero attached hydrogens (tertiary/aromatic N) is 5. The molecule has 0 unspecified atom stereocenters. The van der Waals surface area contributed by atoms with Crippen LogP contribution in [0.2, 0.25) is 5.02 Å². The summed E-state index contributed by atoms with van der Waals surface area (Å²) in [6, 6.07) is 5.85. The summed E-state index contributed by atoms with van der Waals surface area (Å²) in [4.78, 5) is 46.5. The number of halogens is 2. The summed E-state index contributed by atoms with van der Waals surface area (Å²) in [6.45, 7) is -0.572. The molecule has 1 aliphatic rings. The molecule has 3 aromatic heterocycles. The Morgan fingerprint density at radius 3 is 2.85 bits per heavy atom. The third kappa shape index (κ3) is 6.12. The third-order valence-electron chi connectivity index (χ3n) is 5.94. The number of nitrogens with one attached hydrogen (secondary N) is 2. The van der Waals surface area contributed by atoms with Crippen molar-refractivity contribution in [2.45, 2.75) is 44.9 Å². The number of hydrogen-bond donors (Lipinski definition) is 4. The molecule has 1 aliphatic carbocycles.